The molecule has 0 saturated carbocycles. The van der Waals surface area contributed by atoms with Gasteiger partial charge in [-0.3, -0.25) is 4.79 Å². The van der Waals surface area contributed by atoms with Crippen LogP contribution in [0.4, 0.5) is 0 Å². The molecule has 7 nitrogen and oxygen atoms in total. The Balaban J connectivity index is 1.96. The molecule has 1 N–H and O–H groups in total. The SMILES string of the molecule is CN1CCC[C@]2(C(=O)O)CCN(S(=O)(=O)c3ccccc3C#N)C[C@@H]12. The Bertz CT molecular complexity index is 833. The molecule has 8 heteroatoms. The molecule has 25 heavy (non-hydrogen) atoms. The number of nitriles is 1. The molecule has 134 valence electrons. The van der Waals surface area contributed by atoms with Gasteiger partial charge in [-0.2, -0.15) is 9.57 Å². The lowest BCUT2D eigenvalue weighted by Gasteiger charge is -2.51. The van der Waals surface area contributed by atoms with E-state index in [1.807, 2.05) is 18.0 Å². The molecule has 0 unspecified atom stereocenters. The maximum Gasteiger partial charge on any atom is 0.311 e. The molecule has 0 aliphatic carbocycles. The molecule has 2 saturated heterocycles. The van der Waals surface area contributed by atoms with E-state index in [1.165, 1.54) is 16.4 Å². The number of hydrogen-bond donors (Lipinski definition) is 1. The van der Waals surface area contributed by atoms with Gasteiger partial charge in [-0.1, -0.05) is 12.1 Å². The van der Waals surface area contributed by atoms with Gasteiger partial charge in [0, 0.05) is 19.1 Å². The summed E-state index contributed by atoms with van der Waals surface area (Å²) in [5.74, 6) is -0.849. The minimum Gasteiger partial charge on any atom is -0.481 e. The highest BCUT2D eigenvalue weighted by Gasteiger charge is 2.53. The van der Waals surface area contributed by atoms with Crippen molar-refractivity contribution >= 4 is 16.0 Å². The van der Waals surface area contributed by atoms with E-state index >= 15 is 0 Å². The summed E-state index contributed by atoms with van der Waals surface area (Å²) < 4.78 is 27.4. The van der Waals surface area contributed by atoms with Crippen molar-refractivity contribution in [3.05, 3.63) is 29.8 Å². The van der Waals surface area contributed by atoms with Crippen molar-refractivity contribution in [3.63, 3.8) is 0 Å². The predicted octanol–water partition coefficient (Wildman–Crippen LogP) is 1.12. The smallest absolute Gasteiger partial charge is 0.311 e. The summed E-state index contributed by atoms with van der Waals surface area (Å²) >= 11 is 0. The average Bonchev–Trinajstić information content (AvgIpc) is 2.61. The largest absolute Gasteiger partial charge is 0.481 e. The summed E-state index contributed by atoms with van der Waals surface area (Å²) in [5, 5.41) is 19.0. The molecule has 0 aromatic heterocycles. The number of aliphatic carboxylic acids is 1. The van der Waals surface area contributed by atoms with Crippen molar-refractivity contribution in [2.24, 2.45) is 5.41 Å². The summed E-state index contributed by atoms with van der Waals surface area (Å²) in [6.45, 7) is 1.03. The van der Waals surface area contributed by atoms with Crippen molar-refractivity contribution < 1.29 is 18.3 Å². The molecule has 0 amide bonds. The third-order valence-electron chi connectivity index (χ3n) is 5.54. The Kier molecular flexibility index (Phi) is 4.58. The lowest BCUT2D eigenvalue weighted by molar-refractivity contribution is -0.160. The van der Waals surface area contributed by atoms with E-state index in [4.69, 9.17) is 0 Å². The lowest BCUT2D eigenvalue weighted by atomic mass is 9.69. The van der Waals surface area contributed by atoms with Gasteiger partial charge in [-0.25, -0.2) is 8.42 Å². The van der Waals surface area contributed by atoms with E-state index in [0.29, 0.717) is 6.42 Å². The summed E-state index contributed by atoms with van der Waals surface area (Å²) in [6, 6.07) is 7.67. The number of fused-ring (bicyclic) bond motifs is 1. The van der Waals surface area contributed by atoms with Crippen LogP contribution in [0.1, 0.15) is 24.8 Å². The standard InChI is InChI=1S/C17H21N3O4S/c1-19-9-4-7-17(16(21)22)8-10-20(12-15(17)19)25(23,24)14-6-3-2-5-13(14)11-18/h2-3,5-6,15H,4,7-10,12H2,1H3,(H,21,22)/t15-,17+/m1/s1. The van der Waals surface area contributed by atoms with Crippen LogP contribution in [0.2, 0.25) is 0 Å². The van der Waals surface area contributed by atoms with Crippen LogP contribution in [0, 0.1) is 16.7 Å². The first-order chi connectivity index (χ1) is 11.8. The molecule has 2 heterocycles. The first-order valence-corrected chi connectivity index (χ1v) is 9.70. The number of rotatable bonds is 3. The number of piperidine rings is 2. The number of sulfonamides is 1. The van der Waals surface area contributed by atoms with Crippen molar-refractivity contribution in [1.29, 1.82) is 5.26 Å². The number of carbonyl (C=O) groups is 1. The third kappa shape index (κ3) is 2.82. The van der Waals surface area contributed by atoms with Crippen molar-refractivity contribution in [1.82, 2.24) is 9.21 Å². The van der Waals surface area contributed by atoms with Gasteiger partial charge >= 0.3 is 5.97 Å². The van der Waals surface area contributed by atoms with Crippen LogP contribution in [0.15, 0.2) is 29.2 Å². The highest BCUT2D eigenvalue weighted by Crippen LogP contribution is 2.43. The first-order valence-electron chi connectivity index (χ1n) is 8.26. The zero-order valence-electron chi connectivity index (χ0n) is 14.1. The average molecular weight is 363 g/mol. The monoisotopic (exact) mass is 363 g/mol. The fraction of sp³-hybridized carbons (Fsp3) is 0.529. The quantitative estimate of drug-likeness (QED) is 0.863. The Morgan fingerprint density at radius 1 is 1.32 bits per heavy atom. The number of carboxylic acid groups (broad SMARTS) is 1. The Morgan fingerprint density at radius 3 is 2.72 bits per heavy atom. The van der Waals surface area contributed by atoms with Gasteiger partial charge in [-0.05, 0) is 45.0 Å². The van der Waals surface area contributed by atoms with Crippen LogP contribution in [-0.4, -0.2) is 61.4 Å². The molecule has 0 bridgehead atoms. The topological polar surface area (TPSA) is 102 Å². The van der Waals surface area contributed by atoms with E-state index in [9.17, 15) is 23.6 Å². The number of nitrogens with zero attached hydrogens (tertiary/aromatic N) is 3. The summed E-state index contributed by atoms with van der Waals surface area (Å²) in [6.07, 6.45) is 1.65. The normalized spacial score (nSPS) is 28.1. The summed E-state index contributed by atoms with van der Waals surface area (Å²) in [7, 11) is -1.99. The van der Waals surface area contributed by atoms with Crippen LogP contribution < -0.4 is 0 Å². The van der Waals surface area contributed by atoms with Crippen molar-refractivity contribution in [3.8, 4) is 6.07 Å². The zero-order valence-corrected chi connectivity index (χ0v) is 14.9. The Labute approximate surface area is 147 Å². The fourth-order valence-electron chi connectivity index (χ4n) is 4.10. The predicted molar refractivity (Wildman–Crippen MR) is 90.3 cm³/mol. The van der Waals surface area contributed by atoms with Crippen LogP contribution >= 0.6 is 0 Å². The van der Waals surface area contributed by atoms with Crippen molar-refractivity contribution in [2.45, 2.75) is 30.2 Å². The summed E-state index contributed by atoms with van der Waals surface area (Å²) in [5.41, 5.74) is -0.789. The minimum absolute atomic E-state index is 0.0150. The van der Waals surface area contributed by atoms with Gasteiger partial charge in [0.25, 0.3) is 0 Å². The number of benzene rings is 1. The van der Waals surface area contributed by atoms with Gasteiger partial charge in [0.2, 0.25) is 10.0 Å². The molecule has 3 rings (SSSR count). The van der Waals surface area contributed by atoms with E-state index in [-0.39, 0.29) is 36.0 Å². The van der Waals surface area contributed by atoms with E-state index in [0.717, 1.165) is 13.0 Å². The Morgan fingerprint density at radius 2 is 2.04 bits per heavy atom. The van der Waals surface area contributed by atoms with E-state index in [2.05, 4.69) is 0 Å². The molecule has 2 atom stereocenters. The van der Waals surface area contributed by atoms with Crippen LogP contribution in [0.5, 0.6) is 0 Å². The number of hydrogen-bond acceptors (Lipinski definition) is 5. The van der Waals surface area contributed by atoms with E-state index < -0.39 is 21.4 Å². The van der Waals surface area contributed by atoms with Crippen LogP contribution in [0.25, 0.3) is 0 Å². The highest BCUT2D eigenvalue weighted by molar-refractivity contribution is 7.89. The second kappa shape index (κ2) is 6.41. The molecule has 2 aliphatic rings. The lowest BCUT2D eigenvalue weighted by Crippen LogP contribution is -2.63. The minimum atomic E-state index is -3.84. The maximum absolute atomic E-state index is 13.0. The number of likely N-dealkylation sites (tertiary alicyclic amines) is 1. The van der Waals surface area contributed by atoms with Gasteiger partial charge in [0.05, 0.1) is 15.9 Å². The number of likely N-dealkylation sites (N-methyl/N-ethyl adjacent to an activating group) is 1. The molecule has 0 radical (unpaired) electrons. The summed E-state index contributed by atoms with van der Waals surface area (Å²) in [4.78, 5) is 13.9. The van der Waals surface area contributed by atoms with Crippen molar-refractivity contribution in [2.75, 3.05) is 26.7 Å². The van der Waals surface area contributed by atoms with Gasteiger partial charge in [-0.15, -0.1) is 0 Å². The second-order valence-electron chi connectivity index (χ2n) is 6.78. The molecule has 2 fully saturated rings. The Hall–Kier alpha value is -1.95. The molecule has 1 aromatic carbocycles. The molecule has 1 aromatic rings. The second-order valence-corrected chi connectivity index (χ2v) is 8.69. The van der Waals surface area contributed by atoms with Gasteiger partial charge < -0.3 is 10.0 Å². The number of carboxylic acids is 1. The van der Waals surface area contributed by atoms with Crippen LogP contribution in [0.3, 0.4) is 0 Å². The first kappa shape index (κ1) is 17.9. The van der Waals surface area contributed by atoms with E-state index in [1.54, 1.807) is 12.1 Å². The zero-order chi connectivity index (χ0) is 18.2. The molecular weight excluding hydrogens is 342 g/mol. The maximum atomic E-state index is 13.0. The van der Waals surface area contributed by atoms with Crippen LogP contribution in [-0.2, 0) is 14.8 Å². The highest BCUT2D eigenvalue weighted by atomic mass is 32.2. The molecule has 2 aliphatic heterocycles. The van der Waals surface area contributed by atoms with Gasteiger partial charge in [0.1, 0.15) is 6.07 Å². The molecule has 0 spiro atoms. The molecular formula is C17H21N3O4S. The van der Waals surface area contributed by atoms with Gasteiger partial charge in [0.15, 0.2) is 0 Å². The third-order valence-corrected chi connectivity index (χ3v) is 7.46. The fourth-order valence-corrected chi connectivity index (χ4v) is 5.69.